The van der Waals surface area contributed by atoms with Gasteiger partial charge in [0.2, 0.25) is 0 Å². The fourth-order valence-corrected chi connectivity index (χ4v) is 2.82. The Balaban J connectivity index is 2.29. The number of nitrogens with one attached hydrogen (secondary N) is 1. The standard InChI is InChI=1S/C14H14FNO4S/c1-20-12-4-2-11(3-5-12)16-21(18,19)13-6-7-14(15)10(8-13)9-17/h2-8,16-17H,9H2,1H3. The summed E-state index contributed by atoms with van der Waals surface area (Å²) in [5, 5.41) is 8.99. The van der Waals surface area contributed by atoms with Gasteiger partial charge >= 0.3 is 0 Å². The SMILES string of the molecule is COc1ccc(NS(=O)(=O)c2ccc(F)c(CO)c2)cc1. The van der Waals surface area contributed by atoms with Crippen molar-refractivity contribution in [3.05, 3.63) is 53.8 Å². The van der Waals surface area contributed by atoms with Gasteiger partial charge in [-0.05, 0) is 42.5 Å². The third kappa shape index (κ3) is 3.50. The molecule has 0 aliphatic rings. The van der Waals surface area contributed by atoms with Crippen LogP contribution < -0.4 is 9.46 Å². The van der Waals surface area contributed by atoms with Crippen LogP contribution in [0.2, 0.25) is 0 Å². The summed E-state index contributed by atoms with van der Waals surface area (Å²) >= 11 is 0. The van der Waals surface area contributed by atoms with Crippen LogP contribution in [0.5, 0.6) is 5.75 Å². The molecule has 0 saturated carbocycles. The summed E-state index contributed by atoms with van der Waals surface area (Å²) < 4.78 is 45.0. The first kappa shape index (κ1) is 15.3. The number of ether oxygens (including phenoxy) is 1. The first-order valence-corrected chi connectivity index (χ1v) is 7.51. The maximum atomic E-state index is 13.3. The van der Waals surface area contributed by atoms with Gasteiger partial charge in [0.1, 0.15) is 11.6 Å². The predicted octanol–water partition coefficient (Wildman–Crippen LogP) is 2.13. The summed E-state index contributed by atoms with van der Waals surface area (Å²) in [7, 11) is -2.34. The van der Waals surface area contributed by atoms with Gasteiger partial charge in [0, 0.05) is 11.3 Å². The molecule has 0 fully saturated rings. The maximum Gasteiger partial charge on any atom is 0.261 e. The van der Waals surface area contributed by atoms with Gasteiger partial charge in [0.15, 0.2) is 0 Å². The van der Waals surface area contributed by atoms with E-state index in [9.17, 15) is 12.8 Å². The van der Waals surface area contributed by atoms with Crippen LogP contribution >= 0.6 is 0 Å². The van der Waals surface area contributed by atoms with Crippen molar-refractivity contribution in [2.75, 3.05) is 11.8 Å². The number of aliphatic hydroxyl groups excluding tert-OH is 1. The molecule has 0 spiro atoms. The Labute approximate surface area is 122 Å². The van der Waals surface area contributed by atoms with Crippen molar-refractivity contribution in [1.29, 1.82) is 0 Å². The second-order valence-corrected chi connectivity index (χ2v) is 5.93. The van der Waals surface area contributed by atoms with Crippen molar-refractivity contribution >= 4 is 15.7 Å². The largest absolute Gasteiger partial charge is 0.497 e. The first-order chi connectivity index (χ1) is 9.96. The zero-order chi connectivity index (χ0) is 15.5. The smallest absolute Gasteiger partial charge is 0.261 e. The lowest BCUT2D eigenvalue weighted by Crippen LogP contribution is -2.13. The van der Waals surface area contributed by atoms with Crippen molar-refractivity contribution in [1.82, 2.24) is 0 Å². The fourth-order valence-electron chi connectivity index (χ4n) is 1.71. The minimum Gasteiger partial charge on any atom is -0.497 e. The van der Waals surface area contributed by atoms with Gasteiger partial charge in [0.25, 0.3) is 10.0 Å². The van der Waals surface area contributed by atoms with E-state index in [1.54, 1.807) is 24.3 Å². The van der Waals surface area contributed by atoms with E-state index in [1.165, 1.54) is 7.11 Å². The molecule has 5 nitrogen and oxygen atoms in total. The maximum absolute atomic E-state index is 13.3. The van der Waals surface area contributed by atoms with E-state index in [2.05, 4.69) is 4.72 Å². The third-order valence-corrected chi connectivity index (χ3v) is 4.22. The molecule has 2 rings (SSSR count). The van der Waals surface area contributed by atoms with Crippen LogP contribution in [0.25, 0.3) is 0 Å². The number of anilines is 1. The van der Waals surface area contributed by atoms with E-state index >= 15 is 0 Å². The minimum absolute atomic E-state index is 0.0763. The normalized spacial score (nSPS) is 11.2. The molecule has 0 radical (unpaired) electrons. The molecule has 2 aromatic rings. The predicted molar refractivity (Wildman–Crippen MR) is 76.1 cm³/mol. The van der Waals surface area contributed by atoms with Crippen molar-refractivity contribution < 1.29 is 22.7 Å². The Morgan fingerprint density at radius 1 is 1.19 bits per heavy atom. The van der Waals surface area contributed by atoms with Crippen LogP contribution in [0, 0.1) is 5.82 Å². The molecule has 7 heteroatoms. The van der Waals surface area contributed by atoms with E-state index in [0.717, 1.165) is 18.2 Å². The monoisotopic (exact) mass is 311 g/mol. The number of sulfonamides is 1. The second-order valence-electron chi connectivity index (χ2n) is 4.25. The Morgan fingerprint density at radius 2 is 1.86 bits per heavy atom. The fraction of sp³-hybridized carbons (Fsp3) is 0.143. The van der Waals surface area contributed by atoms with Crippen LogP contribution in [0.1, 0.15) is 5.56 Å². The zero-order valence-corrected chi connectivity index (χ0v) is 12.0. The van der Waals surface area contributed by atoms with Crippen LogP contribution in [0.3, 0.4) is 0 Å². The van der Waals surface area contributed by atoms with Gasteiger partial charge in [-0.15, -0.1) is 0 Å². The highest BCUT2D eigenvalue weighted by molar-refractivity contribution is 7.92. The van der Waals surface area contributed by atoms with Crippen LogP contribution in [-0.4, -0.2) is 20.6 Å². The highest BCUT2D eigenvalue weighted by Crippen LogP contribution is 2.21. The van der Waals surface area contributed by atoms with E-state index < -0.39 is 22.4 Å². The van der Waals surface area contributed by atoms with Crippen molar-refractivity contribution in [3.8, 4) is 5.75 Å². The Hall–Kier alpha value is -2.12. The van der Waals surface area contributed by atoms with Gasteiger partial charge < -0.3 is 9.84 Å². The molecule has 2 N–H and O–H groups in total. The van der Waals surface area contributed by atoms with Crippen LogP contribution in [0.15, 0.2) is 47.4 Å². The topological polar surface area (TPSA) is 75.6 Å². The van der Waals surface area contributed by atoms with E-state index in [1.807, 2.05) is 0 Å². The molecule has 0 amide bonds. The number of benzene rings is 2. The quantitative estimate of drug-likeness (QED) is 0.887. The number of hydrogen-bond acceptors (Lipinski definition) is 4. The lowest BCUT2D eigenvalue weighted by molar-refractivity contribution is 0.275. The molecular weight excluding hydrogens is 297 g/mol. The molecule has 112 valence electrons. The number of halogens is 1. The first-order valence-electron chi connectivity index (χ1n) is 6.02. The molecule has 0 aliphatic carbocycles. The lowest BCUT2D eigenvalue weighted by Gasteiger charge is -2.10. The highest BCUT2D eigenvalue weighted by Gasteiger charge is 2.16. The van der Waals surface area contributed by atoms with Gasteiger partial charge in [-0.2, -0.15) is 0 Å². The summed E-state index contributed by atoms with van der Waals surface area (Å²) in [6.07, 6.45) is 0. The number of methoxy groups -OCH3 is 1. The molecule has 0 bridgehead atoms. The van der Waals surface area contributed by atoms with Gasteiger partial charge in [-0.25, -0.2) is 12.8 Å². The summed E-state index contributed by atoms with van der Waals surface area (Å²) in [5.41, 5.74) is 0.276. The summed E-state index contributed by atoms with van der Waals surface area (Å²) in [6, 6.07) is 9.57. The summed E-state index contributed by atoms with van der Waals surface area (Å²) in [4.78, 5) is -0.122. The van der Waals surface area contributed by atoms with Crippen molar-refractivity contribution in [2.45, 2.75) is 11.5 Å². The minimum atomic E-state index is -3.85. The molecule has 0 aromatic heterocycles. The molecule has 21 heavy (non-hydrogen) atoms. The van der Waals surface area contributed by atoms with Crippen molar-refractivity contribution in [3.63, 3.8) is 0 Å². The Bertz CT molecular complexity index is 729. The zero-order valence-electron chi connectivity index (χ0n) is 11.2. The van der Waals surface area contributed by atoms with Crippen molar-refractivity contribution in [2.24, 2.45) is 0 Å². The number of hydrogen-bond donors (Lipinski definition) is 2. The molecule has 0 saturated heterocycles. The van der Waals surface area contributed by atoms with Gasteiger partial charge in [0.05, 0.1) is 18.6 Å². The molecular formula is C14H14FNO4S. The van der Waals surface area contributed by atoms with E-state index in [0.29, 0.717) is 11.4 Å². The molecule has 0 atom stereocenters. The van der Waals surface area contributed by atoms with E-state index in [-0.39, 0.29) is 10.5 Å². The third-order valence-electron chi connectivity index (χ3n) is 2.84. The second kappa shape index (κ2) is 6.11. The Kier molecular flexibility index (Phi) is 4.44. The average Bonchev–Trinajstić information content (AvgIpc) is 2.48. The molecule has 0 heterocycles. The molecule has 2 aromatic carbocycles. The number of rotatable bonds is 5. The Morgan fingerprint density at radius 3 is 2.43 bits per heavy atom. The van der Waals surface area contributed by atoms with Gasteiger partial charge in [-0.1, -0.05) is 0 Å². The van der Waals surface area contributed by atoms with E-state index in [4.69, 9.17) is 9.84 Å². The summed E-state index contributed by atoms with van der Waals surface area (Å²) in [6.45, 7) is -0.572. The highest BCUT2D eigenvalue weighted by atomic mass is 32.2. The average molecular weight is 311 g/mol. The lowest BCUT2D eigenvalue weighted by atomic mass is 10.2. The van der Waals surface area contributed by atoms with Crippen LogP contribution in [0.4, 0.5) is 10.1 Å². The molecule has 0 aliphatic heterocycles. The van der Waals surface area contributed by atoms with Crippen LogP contribution in [-0.2, 0) is 16.6 Å². The summed E-state index contributed by atoms with van der Waals surface area (Å²) in [5.74, 6) is -0.0526. The molecule has 0 unspecified atom stereocenters. The number of aliphatic hydroxyl groups is 1. The van der Waals surface area contributed by atoms with Gasteiger partial charge in [-0.3, -0.25) is 4.72 Å².